The van der Waals surface area contributed by atoms with Crippen molar-refractivity contribution in [2.24, 2.45) is 5.92 Å². The van der Waals surface area contributed by atoms with Gasteiger partial charge in [0.1, 0.15) is 0 Å². The van der Waals surface area contributed by atoms with Gasteiger partial charge in [0, 0.05) is 25.1 Å². The van der Waals surface area contributed by atoms with Crippen molar-refractivity contribution in [2.45, 2.75) is 25.7 Å². The number of ether oxygens (including phenoxy) is 1. The lowest BCUT2D eigenvalue weighted by atomic mass is 9.91. The van der Waals surface area contributed by atoms with Crippen LogP contribution in [0, 0.1) is 5.92 Å². The lowest BCUT2D eigenvalue weighted by Crippen LogP contribution is -2.27. The fourth-order valence-corrected chi connectivity index (χ4v) is 3.34. The van der Waals surface area contributed by atoms with Crippen LogP contribution >= 0.6 is 0 Å². The molecule has 2 aliphatic rings. The third kappa shape index (κ3) is 5.02. The van der Waals surface area contributed by atoms with E-state index in [0.29, 0.717) is 5.92 Å². The molecule has 1 aromatic rings. The van der Waals surface area contributed by atoms with E-state index in [1.165, 1.54) is 23.5 Å². The zero-order valence-corrected chi connectivity index (χ0v) is 14.6. The number of nitrogens with zero attached hydrogens (tertiary/aromatic N) is 1. The van der Waals surface area contributed by atoms with Gasteiger partial charge in [0.25, 0.3) is 6.43 Å². The van der Waals surface area contributed by atoms with Crippen LogP contribution in [0.25, 0.3) is 6.08 Å². The maximum Gasteiger partial charge on any atom is 0.263 e. The maximum absolute atomic E-state index is 12.5. The molecule has 1 aromatic carbocycles. The molecule has 3 rings (SSSR count). The van der Waals surface area contributed by atoms with Gasteiger partial charge in [-0.1, -0.05) is 48.6 Å². The highest BCUT2D eigenvalue weighted by molar-refractivity contribution is 5.49. The quantitative estimate of drug-likeness (QED) is 0.702. The van der Waals surface area contributed by atoms with Gasteiger partial charge in [-0.05, 0) is 36.9 Å². The molecule has 25 heavy (non-hydrogen) atoms. The average Bonchev–Trinajstić information content (AvgIpc) is 2.62. The third-order valence-corrected chi connectivity index (χ3v) is 4.70. The Labute approximate surface area is 148 Å². The first-order chi connectivity index (χ1) is 12.1. The molecule has 0 saturated carbocycles. The SMILES string of the molecule is CN(C/C=C/c1ccc(C(F)F)cc1)CC1C=CC2=C(C1)OCCC2. The highest BCUT2D eigenvalue weighted by atomic mass is 19.3. The lowest BCUT2D eigenvalue weighted by Gasteiger charge is -2.28. The molecular weight excluding hydrogens is 320 g/mol. The van der Waals surface area contributed by atoms with Crippen LogP contribution in [0.15, 0.2) is 53.8 Å². The van der Waals surface area contributed by atoms with Crippen LogP contribution in [0.3, 0.4) is 0 Å². The summed E-state index contributed by atoms with van der Waals surface area (Å²) in [6.45, 7) is 2.65. The normalized spacial score (nSPS) is 20.4. The van der Waals surface area contributed by atoms with Crippen molar-refractivity contribution < 1.29 is 13.5 Å². The molecule has 1 aliphatic heterocycles. The van der Waals surface area contributed by atoms with Crippen molar-refractivity contribution in [1.29, 1.82) is 0 Å². The van der Waals surface area contributed by atoms with E-state index in [9.17, 15) is 8.78 Å². The van der Waals surface area contributed by atoms with Crippen LogP contribution in [0.4, 0.5) is 8.78 Å². The zero-order valence-electron chi connectivity index (χ0n) is 14.6. The van der Waals surface area contributed by atoms with Gasteiger partial charge >= 0.3 is 0 Å². The fourth-order valence-electron chi connectivity index (χ4n) is 3.34. The van der Waals surface area contributed by atoms with E-state index in [2.05, 4.69) is 30.2 Å². The molecule has 0 radical (unpaired) electrons. The van der Waals surface area contributed by atoms with E-state index in [0.717, 1.165) is 44.5 Å². The monoisotopic (exact) mass is 345 g/mol. The number of rotatable bonds is 6. The molecule has 2 nitrogen and oxygen atoms in total. The van der Waals surface area contributed by atoms with Crippen LogP contribution in [-0.4, -0.2) is 31.6 Å². The number of allylic oxidation sites excluding steroid dienone is 3. The van der Waals surface area contributed by atoms with Gasteiger partial charge in [0.2, 0.25) is 0 Å². The van der Waals surface area contributed by atoms with E-state index >= 15 is 0 Å². The maximum atomic E-state index is 12.5. The van der Waals surface area contributed by atoms with Gasteiger partial charge in [0.15, 0.2) is 0 Å². The number of halogens is 2. The summed E-state index contributed by atoms with van der Waals surface area (Å²) in [6, 6.07) is 6.43. The smallest absolute Gasteiger partial charge is 0.263 e. The van der Waals surface area contributed by atoms with Gasteiger partial charge < -0.3 is 9.64 Å². The Kier molecular flexibility index (Phi) is 6.03. The minimum Gasteiger partial charge on any atom is -0.498 e. The second kappa shape index (κ2) is 8.43. The predicted octanol–water partition coefficient (Wildman–Crippen LogP) is 5.21. The largest absolute Gasteiger partial charge is 0.498 e. The molecule has 1 aliphatic carbocycles. The van der Waals surface area contributed by atoms with E-state index in [1.54, 1.807) is 12.1 Å². The third-order valence-electron chi connectivity index (χ3n) is 4.70. The highest BCUT2D eigenvalue weighted by Gasteiger charge is 2.21. The first kappa shape index (κ1) is 17.9. The van der Waals surface area contributed by atoms with Crippen molar-refractivity contribution in [3.63, 3.8) is 0 Å². The number of hydrogen-bond acceptors (Lipinski definition) is 2. The van der Waals surface area contributed by atoms with Crippen molar-refractivity contribution in [2.75, 3.05) is 26.7 Å². The van der Waals surface area contributed by atoms with E-state index in [4.69, 9.17) is 4.74 Å². The van der Waals surface area contributed by atoms with Crippen molar-refractivity contribution in [3.8, 4) is 0 Å². The summed E-state index contributed by atoms with van der Waals surface area (Å²) in [5, 5.41) is 0. The van der Waals surface area contributed by atoms with Crippen molar-refractivity contribution in [3.05, 3.63) is 65.0 Å². The van der Waals surface area contributed by atoms with E-state index in [1.807, 2.05) is 6.08 Å². The summed E-state index contributed by atoms with van der Waals surface area (Å²) >= 11 is 0. The number of likely N-dealkylation sites (N-methyl/N-ethyl adjacent to an activating group) is 1. The molecule has 4 heteroatoms. The van der Waals surface area contributed by atoms with Crippen LogP contribution in [0.5, 0.6) is 0 Å². The number of hydrogen-bond donors (Lipinski definition) is 0. The van der Waals surface area contributed by atoms with Gasteiger partial charge in [-0.25, -0.2) is 8.78 Å². The summed E-state index contributed by atoms with van der Waals surface area (Å²) in [6.07, 6.45) is 9.44. The molecule has 134 valence electrons. The molecular formula is C21H25F2NO. The van der Waals surface area contributed by atoms with Crippen LogP contribution in [0.2, 0.25) is 0 Å². The average molecular weight is 345 g/mol. The topological polar surface area (TPSA) is 12.5 Å². The molecule has 0 fully saturated rings. The van der Waals surface area contributed by atoms with Gasteiger partial charge in [-0.3, -0.25) is 0 Å². The summed E-state index contributed by atoms with van der Waals surface area (Å²) in [5.74, 6) is 1.67. The van der Waals surface area contributed by atoms with Gasteiger partial charge in [-0.15, -0.1) is 0 Å². The lowest BCUT2D eigenvalue weighted by molar-refractivity contribution is 0.151. The second-order valence-corrected chi connectivity index (χ2v) is 6.81. The molecule has 0 amide bonds. The Morgan fingerprint density at radius 3 is 2.84 bits per heavy atom. The molecule has 0 N–H and O–H groups in total. The van der Waals surface area contributed by atoms with Crippen LogP contribution in [0.1, 0.15) is 36.8 Å². The fraction of sp³-hybridized carbons (Fsp3) is 0.429. The zero-order chi connectivity index (χ0) is 17.6. The van der Waals surface area contributed by atoms with Crippen molar-refractivity contribution in [1.82, 2.24) is 4.90 Å². The molecule has 1 unspecified atom stereocenters. The number of benzene rings is 1. The molecule has 0 aromatic heterocycles. The molecule has 0 saturated heterocycles. The first-order valence-electron chi connectivity index (χ1n) is 8.88. The predicted molar refractivity (Wildman–Crippen MR) is 97.4 cm³/mol. The minimum absolute atomic E-state index is 0.0666. The highest BCUT2D eigenvalue weighted by Crippen LogP contribution is 2.30. The Bertz CT molecular complexity index is 661. The molecule has 1 heterocycles. The molecule has 0 spiro atoms. The van der Waals surface area contributed by atoms with Gasteiger partial charge in [0.05, 0.1) is 12.4 Å². The van der Waals surface area contributed by atoms with E-state index in [-0.39, 0.29) is 5.56 Å². The summed E-state index contributed by atoms with van der Waals surface area (Å²) in [7, 11) is 2.10. The summed E-state index contributed by atoms with van der Waals surface area (Å²) < 4.78 is 30.9. The second-order valence-electron chi connectivity index (χ2n) is 6.81. The van der Waals surface area contributed by atoms with Gasteiger partial charge in [-0.2, -0.15) is 0 Å². The Balaban J connectivity index is 1.46. The molecule has 0 bridgehead atoms. The first-order valence-corrected chi connectivity index (χ1v) is 8.88. The standard InChI is InChI=1S/C21H25F2NO/c1-24(12-2-4-16-6-10-19(11-7-16)21(22)23)15-17-8-9-18-5-3-13-25-20(18)14-17/h2,4,6-11,17,21H,3,5,12-15H2,1H3/b4-2+. The van der Waals surface area contributed by atoms with Crippen molar-refractivity contribution >= 4 is 6.08 Å². The van der Waals surface area contributed by atoms with Crippen LogP contribution < -0.4 is 0 Å². The minimum atomic E-state index is -2.41. The Hall–Kier alpha value is -1.94. The van der Waals surface area contributed by atoms with Crippen LogP contribution in [-0.2, 0) is 4.74 Å². The summed E-state index contributed by atoms with van der Waals surface area (Å²) in [4.78, 5) is 2.27. The van der Waals surface area contributed by atoms with E-state index < -0.39 is 6.43 Å². The Morgan fingerprint density at radius 2 is 2.08 bits per heavy atom. The number of alkyl halides is 2. The molecule has 1 atom stereocenters. The summed E-state index contributed by atoms with van der Waals surface area (Å²) in [5.41, 5.74) is 2.38. The Morgan fingerprint density at radius 1 is 1.28 bits per heavy atom.